The molecule has 1 unspecified atom stereocenters. The Morgan fingerprint density at radius 3 is 2.89 bits per heavy atom. The summed E-state index contributed by atoms with van der Waals surface area (Å²) in [4.78, 5) is 12.2. The quantitative estimate of drug-likeness (QED) is 0.728. The van der Waals surface area contributed by atoms with E-state index in [9.17, 15) is 10.1 Å². The van der Waals surface area contributed by atoms with E-state index in [-0.39, 0.29) is 6.04 Å². The van der Waals surface area contributed by atoms with Crippen LogP contribution in [0.25, 0.3) is 10.9 Å². The van der Waals surface area contributed by atoms with Crippen molar-refractivity contribution in [3.63, 3.8) is 0 Å². The van der Waals surface area contributed by atoms with Gasteiger partial charge in [-0.2, -0.15) is 9.64 Å². The number of fused-ring (bicyclic) bond motifs is 3. The molecule has 0 aliphatic heterocycles. The Labute approximate surface area is 167 Å². The SMILES string of the molecule is CC(C)(C)OC(=O)NC1Cc2c(n(Cc3ccsn3)c3ccc(C#N)cc23)C1. The van der Waals surface area contributed by atoms with Crippen molar-refractivity contribution in [1.29, 1.82) is 5.26 Å². The molecule has 0 saturated carbocycles. The molecule has 1 atom stereocenters. The third-order valence-corrected chi connectivity index (χ3v) is 5.44. The second kappa shape index (κ2) is 6.95. The van der Waals surface area contributed by atoms with Crippen LogP contribution in [0.3, 0.4) is 0 Å². The first kappa shape index (κ1) is 18.5. The minimum absolute atomic E-state index is 0.0170. The van der Waals surface area contributed by atoms with Crippen molar-refractivity contribution < 1.29 is 9.53 Å². The molecule has 1 aliphatic rings. The Balaban J connectivity index is 1.66. The molecule has 2 aromatic heterocycles. The first-order chi connectivity index (χ1) is 13.3. The van der Waals surface area contributed by atoms with Gasteiger partial charge in [0.05, 0.1) is 23.9 Å². The standard InChI is InChI=1S/C21H22N4O2S/c1-21(2,3)27-20(26)23-15-9-17-16-8-13(11-22)4-5-18(16)25(19(17)10-15)12-14-6-7-28-24-14/h4-8,15H,9-10,12H2,1-3H3,(H,23,26). The highest BCUT2D eigenvalue weighted by molar-refractivity contribution is 7.03. The normalized spacial score (nSPS) is 16.0. The molecule has 0 fully saturated rings. The zero-order valence-electron chi connectivity index (χ0n) is 16.2. The molecule has 6 nitrogen and oxygen atoms in total. The smallest absolute Gasteiger partial charge is 0.407 e. The van der Waals surface area contributed by atoms with Crippen molar-refractivity contribution in [2.75, 3.05) is 0 Å². The van der Waals surface area contributed by atoms with Gasteiger partial charge in [0.2, 0.25) is 0 Å². The van der Waals surface area contributed by atoms with Crippen LogP contribution < -0.4 is 5.32 Å². The zero-order chi connectivity index (χ0) is 19.9. The maximum absolute atomic E-state index is 12.2. The topological polar surface area (TPSA) is 79.9 Å². The van der Waals surface area contributed by atoms with Crippen LogP contribution in [0.5, 0.6) is 0 Å². The number of ether oxygens (including phenoxy) is 1. The number of hydrogen-bond acceptors (Lipinski definition) is 5. The number of benzene rings is 1. The first-order valence-corrected chi connectivity index (χ1v) is 10.1. The van der Waals surface area contributed by atoms with Gasteiger partial charge in [0, 0.05) is 34.4 Å². The van der Waals surface area contributed by atoms with Crippen molar-refractivity contribution in [3.05, 3.63) is 52.2 Å². The van der Waals surface area contributed by atoms with E-state index < -0.39 is 11.7 Å². The molecule has 0 saturated heterocycles. The summed E-state index contributed by atoms with van der Waals surface area (Å²) in [7, 11) is 0. The summed E-state index contributed by atoms with van der Waals surface area (Å²) in [6.07, 6.45) is 1.06. The van der Waals surface area contributed by atoms with Crippen LogP contribution in [-0.2, 0) is 24.1 Å². The molecule has 0 radical (unpaired) electrons. The number of aromatic nitrogens is 2. The molecule has 28 heavy (non-hydrogen) atoms. The predicted molar refractivity (Wildman–Crippen MR) is 108 cm³/mol. The number of alkyl carbamates (subject to hydrolysis) is 1. The van der Waals surface area contributed by atoms with Gasteiger partial charge in [-0.3, -0.25) is 0 Å². The fraction of sp³-hybridized carbons (Fsp3) is 0.381. The van der Waals surface area contributed by atoms with Gasteiger partial charge < -0.3 is 14.6 Å². The monoisotopic (exact) mass is 394 g/mol. The lowest BCUT2D eigenvalue weighted by atomic mass is 10.1. The Kier molecular flexibility index (Phi) is 4.60. The van der Waals surface area contributed by atoms with Crippen LogP contribution in [0.1, 0.15) is 43.3 Å². The molecule has 144 valence electrons. The van der Waals surface area contributed by atoms with Gasteiger partial charge in [0.1, 0.15) is 5.60 Å². The lowest BCUT2D eigenvalue weighted by molar-refractivity contribution is 0.0506. The highest BCUT2D eigenvalue weighted by Gasteiger charge is 2.30. The van der Waals surface area contributed by atoms with Crippen LogP contribution in [0.4, 0.5) is 4.79 Å². The van der Waals surface area contributed by atoms with Crippen LogP contribution >= 0.6 is 11.5 Å². The molecule has 1 amide bonds. The Hall–Kier alpha value is -2.85. The van der Waals surface area contributed by atoms with Crippen LogP contribution in [0, 0.1) is 11.3 Å². The van der Waals surface area contributed by atoms with E-state index in [1.807, 2.05) is 50.4 Å². The van der Waals surface area contributed by atoms with Gasteiger partial charge in [0.25, 0.3) is 0 Å². The number of hydrogen-bond donors (Lipinski definition) is 1. The molecule has 2 heterocycles. The summed E-state index contributed by atoms with van der Waals surface area (Å²) in [5.74, 6) is 0. The summed E-state index contributed by atoms with van der Waals surface area (Å²) in [6.45, 7) is 6.25. The maximum atomic E-state index is 12.2. The van der Waals surface area contributed by atoms with Gasteiger partial charge in [-0.1, -0.05) is 0 Å². The molecular formula is C21H22N4O2S. The van der Waals surface area contributed by atoms with Crippen LogP contribution in [0.15, 0.2) is 29.6 Å². The molecule has 0 spiro atoms. The molecule has 0 bridgehead atoms. The predicted octanol–water partition coefficient (Wildman–Crippen LogP) is 4.01. The fourth-order valence-electron chi connectivity index (χ4n) is 3.80. The van der Waals surface area contributed by atoms with Gasteiger partial charge in [-0.05, 0) is 68.6 Å². The Morgan fingerprint density at radius 1 is 1.39 bits per heavy atom. The summed E-state index contributed by atoms with van der Waals surface area (Å²) >= 11 is 1.44. The van der Waals surface area contributed by atoms with Crippen molar-refractivity contribution in [1.82, 2.24) is 14.3 Å². The first-order valence-electron chi connectivity index (χ1n) is 9.27. The second-order valence-electron chi connectivity index (χ2n) is 8.10. The van der Waals surface area contributed by atoms with E-state index in [1.165, 1.54) is 22.8 Å². The fourth-order valence-corrected chi connectivity index (χ4v) is 4.33. The van der Waals surface area contributed by atoms with E-state index in [0.717, 1.165) is 29.4 Å². The minimum atomic E-state index is -0.524. The molecule has 1 aromatic carbocycles. The van der Waals surface area contributed by atoms with Crippen molar-refractivity contribution in [2.24, 2.45) is 0 Å². The molecule has 1 aliphatic carbocycles. The van der Waals surface area contributed by atoms with Crippen LogP contribution in [-0.4, -0.2) is 26.7 Å². The summed E-state index contributed by atoms with van der Waals surface area (Å²) in [6, 6.07) is 10.0. The molecule has 1 N–H and O–H groups in total. The van der Waals surface area contributed by atoms with Crippen LogP contribution in [0.2, 0.25) is 0 Å². The number of carbonyl (C=O) groups is 1. The van der Waals surface area contributed by atoms with Crippen molar-refractivity contribution in [3.8, 4) is 6.07 Å². The largest absolute Gasteiger partial charge is 0.444 e. The van der Waals surface area contributed by atoms with E-state index >= 15 is 0 Å². The highest BCUT2D eigenvalue weighted by atomic mass is 32.1. The average Bonchev–Trinajstić information content (AvgIpc) is 3.31. The highest BCUT2D eigenvalue weighted by Crippen LogP contribution is 2.34. The van der Waals surface area contributed by atoms with Crippen molar-refractivity contribution >= 4 is 28.5 Å². The van der Waals surface area contributed by atoms with E-state index in [0.29, 0.717) is 12.1 Å². The zero-order valence-corrected chi connectivity index (χ0v) is 17.0. The third-order valence-electron chi connectivity index (χ3n) is 4.84. The van der Waals surface area contributed by atoms with E-state index in [1.54, 1.807) is 0 Å². The lowest BCUT2D eigenvalue weighted by Crippen LogP contribution is -2.39. The van der Waals surface area contributed by atoms with E-state index in [2.05, 4.69) is 20.3 Å². The molecular weight excluding hydrogens is 372 g/mol. The maximum Gasteiger partial charge on any atom is 0.407 e. The van der Waals surface area contributed by atoms with Crippen molar-refractivity contribution in [2.45, 2.75) is 51.8 Å². The molecule has 4 rings (SSSR count). The number of nitrogens with one attached hydrogen (secondary N) is 1. The second-order valence-corrected chi connectivity index (χ2v) is 8.76. The molecule has 3 aromatic rings. The third kappa shape index (κ3) is 3.60. The van der Waals surface area contributed by atoms with Gasteiger partial charge in [0.15, 0.2) is 0 Å². The van der Waals surface area contributed by atoms with E-state index in [4.69, 9.17) is 4.74 Å². The Bertz CT molecular complexity index is 1070. The summed E-state index contributed by atoms with van der Waals surface area (Å²) in [5.41, 5.74) is 4.63. The number of rotatable bonds is 3. The summed E-state index contributed by atoms with van der Waals surface area (Å²) < 4.78 is 12.1. The lowest BCUT2D eigenvalue weighted by Gasteiger charge is -2.22. The number of carbonyl (C=O) groups excluding carboxylic acids is 1. The van der Waals surface area contributed by atoms with Gasteiger partial charge in [-0.15, -0.1) is 0 Å². The number of nitriles is 1. The Morgan fingerprint density at radius 2 is 2.21 bits per heavy atom. The van der Waals surface area contributed by atoms with Gasteiger partial charge >= 0.3 is 6.09 Å². The summed E-state index contributed by atoms with van der Waals surface area (Å²) in [5, 5.41) is 15.4. The molecule has 7 heteroatoms. The number of amides is 1. The number of nitrogens with zero attached hydrogens (tertiary/aromatic N) is 3. The van der Waals surface area contributed by atoms with Gasteiger partial charge in [-0.25, -0.2) is 4.79 Å². The minimum Gasteiger partial charge on any atom is -0.444 e. The average molecular weight is 395 g/mol.